The zero-order valence-electron chi connectivity index (χ0n) is 12.6. The summed E-state index contributed by atoms with van der Waals surface area (Å²) in [5.74, 6) is 0.920. The lowest BCUT2D eigenvalue weighted by atomic mass is 9.78. The van der Waals surface area contributed by atoms with Crippen molar-refractivity contribution in [2.24, 2.45) is 5.73 Å². The molecule has 116 valence electrons. The van der Waals surface area contributed by atoms with Gasteiger partial charge in [-0.1, -0.05) is 12.1 Å². The minimum Gasteiger partial charge on any atom is -0.491 e. The molecule has 1 saturated carbocycles. The predicted octanol–water partition coefficient (Wildman–Crippen LogP) is 2.22. The van der Waals surface area contributed by atoms with Crippen LogP contribution < -0.4 is 15.8 Å². The highest BCUT2D eigenvalue weighted by Crippen LogP contribution is 2.28. The molecule has 0 radical (unpaired) electrons. The van der Waals surface area contributed by atoms with Crippen molar-refractivity contribution in [3.05, 3.63) is 29.8 Å². The van der Waals surface area contributed by atoms with E-state index >= 15 is 0 Å². The number of nitrogens with one attached hydrogen (secondary N) is 1. The number of nitrogens with two attached hydrogens (primary N) is 1. The number of benzene rings is 1. The van der Waals surface area contributed by atoms with Crippen molar-refractivity contribution in [2.75, 3.05) is 19.8 Å². The van der Waals surface area contributed by atoms with Crippen LogP contribution in [0.2, 0.25) is 0 Å². The van der Waals surface area contributed by atoms with E-state index in [2.05, 4.69) is 17.4 Å². The van der Waals surface area contributed by atoms with Crippen molar-refractivity contribution in [1.29, 1.82) is 0 Å². The summed E-state index contributed by atoms with van der Waals surface area (Å²) in [6.07, 6.45) is 6.11. The molecular formula is C17H26N2O2. The molecule has 3 rings (SSSR count). The fraction of sp³-hybridized carbons (Fsp3) is 0.647. The van der Waals surface area contributed by atoms with Crippen molar-refractivity contribution in [3.63, 3.8) is 0 Å². The van der Waals surface area contributed by atoms with Gasteiger partial charge in [-0.15, -0.1) is 0 Å². The van der Waals surface area contributed by atoms with E-state index in [9.17, 15) is 0 Å². The van der Waals surface area contributed by atoms with E-state index in [0.717, 1.165) is 51.1 Å². The third-order valence-corrected chi connectivity index (χ3v) is 4.54. The highest BCUT2D eigenvalue weighted by atomic mass is 16.5. The molecule has 1 aromatic carbocycles. The number of ether oxygens (including phenoxy) is 2. The second-order valence-corrected chi connectivity index (χ2v) is 6.41. The Morgan fingerprint density at radius 3 is 2.67 bits per heavy atom. The minimum atomic E-state index is 0.0460. The van der Waals surface area contributed by atoms with Crippen molar-refractivity contribution >= 4 is 0 Å². The summed E-state index contributed by atoms with van der Waals surface area (Å²) in [6, 6.07) is 8.30. The van der Waals surface area contributed by atoms with E-state index in [0.29, 0.717) is 6.61 Å². The summed E-state index contributed by atoms with van der Waals surface area (Å²) in [5, 5.41) is 3.45. The molecule has 4 nitrogen and oxygen atoms in total. The Hall–Kier alpha value is -1.10. The average Bonchev–Trinajstić information content (AvgIpc) is 2.98. The highest BCUT2D eigenvalue weighted by molar-refractivity contribution is 5.27. The van der Waals surface area contributed by atoms with Crippen LogP contribution in [-0.2, 0) is 11.3 Å². The van der Waals surface area contributed by atoms with Gasteiger partial charge in [0.15, 0.2) is 0 Å². The van der Waals surface area contributed by atoms with Gasteiger partial charge < -0.3 is 20.5 Å². The van der Waals surface area contributed by atoms with Gasteiger partial charge >= 0.3 is 0 Å². The third kappa shape index (κ3) is 4.19. The summed E-state index contributed by atoms with van der Waals surface area (Å²) in [5.41, 5.74) is 7.51. The molecule has 1 unspecified atom stereocenters. The Balaban J connectivity index is 1.38. The molecule has 1 aromatic rings. The lowest BCUT2D eigenvalue weighted by Gasteiger charge is -2.38. The standard InChI is InChI=1S/C17H26N2O2/c18-17(8-2-9-17)13-19-11-14-4-6-15(7-5-14)21-12-16-3-1-10-20-16/h4-7,16,19H,1-3,8-13,18H2. The van der Waals surface area contributed by atoms with Gasteiger partial charge in [-0.25, -0.2) is 0 Å². The summed E-state index contributed by atoms with van der Waals surface area (Å²) in [7, 11) is 0. The van der Waals surface area contributed by atoms with Crippen molar-refractivity contribution < 1.29 is 9.47 Å². The van der Waals surface area contributed by atoms with Gasteiger partial charge in [-0.05, 0) is 49.8 Å². The average molecular weight is 290 g/mol. The molecule has 0 bridgehead atoms. The Morgan fingerprint density at radius 2 is 2.05 bits per heavy atom. The van der Waals surface area contributed by atoms with Gasteiger partial charge in [-0.2, -0.15) is 0 Å². The first-order valence-corrected chi connectivity index (χ1v) is 8.07. The van der Waals surface area contributed by atoms with Crippen LogP contribution in [-0.4, -0.2) is 31.4 Å². The summed E-state index contributed by atoms with van der Waals surface area (Å²) in [4.78, 5) is 0. The molecule has 4 heteroatoms. The first kappa shape index (κ1) is 14.8. The molecule has 2 aliphatic rings. The minimum absolute atomic E-state index is 0.0460. The molecule has 0 spiro atoms. The van der Waals surface area contributed by atoms with E-state index in [1.807, 2.05) is 12.1 Å². The number of rotatable bonds is 7. The van der Waals surface area contributed by atoms with Crippen molar-refractivity contribution in [3.8, 4) is 5.75 Å². The molecule has 3 N–H and O–H groups in total. The summed E-state index contributed by atoms with van der Waals surface area (Å²) < 4.78 is 11.3. The van der Waals surface area contributed by atoms with E-state index in [-0.39, 0.29) is 11.6 Å². The lowest BCUT2D eigenvalue weighted by molar-refractivity contribution is 0.0679. The second-order valence-electron chi connectivity index (χ2n) is 6.41. The monoisotopic (exact) mass is 290 g/mol. The van der Waals surface area contributed by atoms with Crippen molar-refractivity contribution in [2.45, 2.75) is 50.3 Å². The highest BCUT2D eigenvalue weighted by Gasteiger charge is 2.31. The normalized spacial score (nSPS) is 23.8. The van der Waals surface area contributed by atoms with Gasteiger partial charge in [0.25, 0.3) is 0 Å². The first-order valence-electron chi connectivity index (χ1n) is 8.07. The molecule has 1 atom stereocenters. The van der Waals surface area contributed by atoms with Crippen molar-refractivity contribution in [1.82, 2.24) is 5.32 Å². The number of hydrogen-bond acceptors (Lipinski definition) is 4. The van der Waals surface area contributed by atoms with Gasteiger partial charge in [0, 0.05) is 25.2 Å². The van der Waals surface area contributed by atoms with Crippen LogP contribution >= 0.6 is 0 Å². The van der Waals surface area contributed by atoms with Crippen LogP contribution in [0.1, 0.15) is 37.7 Å². The van der Waals surface area contributed by atoms with Crippen LogP contribution in [0.4, 0.5) is 0 Å². The SMILES string of the molecule is NC1(CNCc2ccc(OCC3CCCO3)cc2)CCC1. The van der Waals surface area contributed by atoms with E-state index in [4.69, 9.17) is 15.2 Å². The molecule has 1 aliphatic carbocycles. The lowest BCUT2D eigenvalue weighted by Crippen LogP contribution is -2.53. The Bertz CT molecular complexity index is 437. The van der Waals surface area contributed by atoms with E-state index < -0.39 is 0 Å². The molecule has 21 heavy (non-hydrogen) atoms. The van der Waals surface area contributed by atoms with Crippen LogP contribution in [0, 0.1) is 0 Å². The topological polar surface area (TPSA) is 56.5 Å². The maximum Gasteiger partial charge on any atom is 0.119 e. The smallest absolute Gasteiger partial charge is 0.119 e. The third-order valence-electron chi connectivity index (χ3n) is 4.54. The Kier molecular flexibility index (Phi) is 4.78. The Labute approximate surface area is 127 Å². The van der Waals surface area contributed by atoms with Crippen LogP contribution in [0.25, 0.3) is 0 Å². The maximum absolute atomic E-state index is 6.20. The zero-order valence-corrected chi connectivity index (χ0v) is 12.6. The quantitative estimate of drug-likeness (QED) is 0.808. The fourth-order valence-corrected chi connectivity index (χ4v) is 2.93. The largest absolute Gasteiger partial charge is 0.491 e. The first-order chi connectivity index (χ1) is 10.2. The molecule has 0 amide bonds. The molecular weight excluding hydrogens is 264 g/mol. The van der Waals surface area contributed by atoms with Crippen LogP contribution in [0.3, 0.4) is 0 Å². The molecule has 2 fully saturated rings. The van der Waals surface area contributed by atoms with Crippen LogP contribution in [0.15, 0.2) is 24.3 Å². The van der Waals surface area contributed by atoms with Gasteiger partial charge in [0.05, 0.1) is 6.10 Å². The van der Waals surface area contributed by atoms with Gasteiger partial charge in [0.1, 0.15) is 12.4 Å². The zero-order chi connectivity index (χ0) is 14.5. The van der Waals surface area contributed by atoms with Crippen LogP contribution in [0.5, 0.6) is 5.75 Å². The summed E-state index contributed by atoms with van der Waals surface area (Å²) >= 11 is 0. The predicted molar refractivity (Wildman–Crippen MR) is 83.4 cm³/mol. The molecule has 1 heterocycles. The molecule has 0 aromatic heterocycles. The van der Waals surface area contributed by atoms with Gasteiger partial charge in [-0.3, -0.25) is 0 Å². The molecule has 1 aliphatic heterocycles. The summed E-state index contributed by atoms with van der Waals surface area (Å²) in [6.45, 7) is 3.31. The fourth-order valence-electron chi connectivity index (χ4n) is 2.93. The number of hydrogen-bond donors (Lipinski definition) is 2. The van der Waals surface area contributed by atoms with Gasteiger partial charge in [0.2, 0.25) is 0 Å². The van der Waals surface area contributed by atoms with E-state index in [1.165, 1.54) is 12.0 Å². The maximum atomic E-state index is 6.20. The second kappa shape index (κ2) is 6.77. The Morgan fingerprint density at radius 1 is 1.24 bits per heavy atom. The van der Waals surface area contributed by atoms with E-state index in [1.54, 1.807) is 0 Å². The molecule has 1 saturated heterocycles.